The zero-order chi connectivity index (χ0) is 14.6. The normalized spacial score (nSPS) is 20.0. The van der Waals surface area contributed by atoms with Gasteiger partial charge in [0.15, 0.2) is 0 Å². The maximum atomic E-state index is 12.6. The molecule has 2 rings (SSSR count). The van der Waals surface area contributed by atoms with Gasteiger partial charge in [-0.25, -0.2) is 8.42 Å². The number of nitrogens with two attached hydrogens (primary N) is 1. The number of benzene rings is 1. The van der Waals surface area contributed by atoms with Crippen LogP contribution in [0.1, 0.15) is 31.7 Å². The van der Waals surface area contributed by atoms with Gasteiger partial charge in [0.25, 0.3) is 0 Å². The second-order valence-corrected chi connectivity index (χ2v) is 7.38. The molecule has 1 unspecified atom stereocenters. The van der Waals surface area contributed by atoms with Crippen LogP contribution in [0.3, 0.4) is 0 Å². The fourth-order valence-corrected chi connectivity index (χ4v) is 4.32. The number of rotatable bonds is 5. The van der Waals surface area contributed by atoms with E-state index in [4.69, 9.17) is 5.73 Å². The van der Waals surface area contributed by atoms with Gasteiger partial charge in [0, 0.05) is 13.1 Å². The summed E-state index contributed by atoms with van der Waals surface area (Å²) in [6, 6.07) is 7.24. The first kappa shape index (κ1) is 18.4. The first-order chi connectivity index (χ1) is 9.57. The molecule has 0 aliphatic carbocycles. The maximum absolute atomic E-state index is 12.6. The molecule has 0 spiro atoms. The zero-order valence-corrected chi connectivity index (χ0v) is 14.1. The van der Waals surface area contributed by atoms with E-state index < -0.39 is 10.0 Å². The Bertz CT molecular complexity index is 529. The van der Waals surface area contributed by atoms with Crippen LogP contribution in [-0.4, -0.2) is 32.4 Å². The molecule has 6 heteroatoms. The van der Waals surface area contributed by atoms with Crippen molar-refractivity contribution in [2.75, 3.05) is 19.6 Å². The van der Waals surface area contributed by atoms with Crippen LogP contribution in [0.2, 0.25) is 0 Å². The van der Waals surface area contributed by atoms with Gasteiger partial charge < -0.3 is 5.73 Å². The molecule has 0 saturated carbocycles. The minimum atomic E-state index is -3.35. The Labute approximate surface area is 134 Å². The lowest BCUT2D eigenvalue weighted by Gasteiger charge is -2.31. The van der Waals surface area contributed by atoms with E-state index in [1.807, 2.05) is 12.1 Å². The lowest BCUT2D eigenvalue weighted by atomic mass is 9.96. The lowest BCUT2D eigenvalue weighted by molar-refractivity contribution is 0.258. The number of halogens is 1. The van der Waals surface area contributed by atoms with E-state index in [9.17, 15) is 8.42 Å². The second-order valence-electron chi connectivity index (χ2n) is 5.45. The summed E-state index contributed by atoms with van der Waals surface area (Å²) in [6.07, 6.45) is 3.83. The standard InChI is InChI=1S/C15H24N2O2S.ClH/c1-2-13-5-7-15(8-6-13)20(18,19)17-11-3-4-14(12-17)9-10-16;/h5-8,14H,2-4,9-12,16H2,1H3;1H. The van der Waals surface area contributed by atoms with Crippen molar-refractivity contribution in [2.24, 2.45) is 11.7 Å². The van der Waals surface area contributed by atoms with Crippen molar-refractivity contribution in [1.82, 2.24) is 4.31 Å². The Morgan fingerprint density at radius 3 is 2.52 bits per heavy atom. The van der Waals surface area contributed by atoms with Crippen LogP contribution >= 0.6 is 12.4 Å². The number of nitrogens with zero attached hydrogens (tertiary/aromatic N) is 1. The van der Waals surface area contributed by atoms with Gasteiger partial charge >= 0.3 is 0 Å². The predicted octanol–water partition coefficient (Wildman–Crippen LogP) is 2.42. The van der Waals surface area contributed by atoms with Gasteiger partial charge in [-0.2, -0.15) is 4.31 Å². The third kappa shape index (κ3) is 4.42. The van der Waals surface area contributed by atoms with Crippen molar-refractivity contribution >= 4 is 22.4 Å². The highest BCUT2D eigenvalue weighted by Crippen LogP contribution is 2.25. The van der Waals surface area contributed by atoms with Gasteiger partial charge in [-0.3, -0.25) is 0 Å². The van der Waals surface area contributed by atoms with Crippen LogP contribution in [0, 0.1) is 5.92 Å². The number of piperidine rings is 1. The molecule has 0 bridgehead atoms. The minimum Gasteiger partial charge on any atom is -0.330 e. The molecule has 1 fully saturated rings. The van der Waals surface area contributed by atoms with Gasteiger partial charge in [0.1, 0.15) is 0 Å². The smallest absolute Gasteiger partial charge is 0.243 e. The molecule has 1 aromatic carbocycles. The molecular weight excluding hydrogens is 308 g/mol. The van der Waals surface area contributed by atoms with Gasteiger partial charge in [0.05, 0.1) is 4.90 Å². The Balaban J connectivity index is 0.00000220. The maximum Gasteiger partial charge on any atom is 0.243 e. The average Bonchev–Trinajstić information content (AvgIpc) is 2.48. The third-order valence-electron chi connectivity index (χ3n) is 4.03. The molecule has 0 aromatic heterocycles. The summed E-state index contributed by atoms with van der Waals surface area (Å²) in [4.78, 5) is 0.406. The van der Waals surface area contributed by atoms with Gasteiger partial charge in [-0.1, -0.05) is 19.1 Å². The molecule has 1 aliphatic heterocycles. The van der Waals surface area contributed by atoms with E-state index in [1.165, 1.54) is 0 Å². The zero-order valence-electron chi connectivity index (χ0n) is 12.5. The van der Waals surface area contributed by atoms with Crippen molar-refractivity contribution in [3.63, 3.8) is 0 Å². The SMILES string of the molecule is CCc1ccc(S(=O)(=O)N2CCCC(CCN)C2)cc1.Cl. The number of aryl methyl sites for hydroxylation is 1. The van der Waals surface area contributed by atoms with Crippen molar-refractivity contribution in [3.8, 4) is 0 Å². The van der Waals surface area contributed by atoms with E-state index in [0.717, 1.165) is 31.2 Å². The molecule has 0 radical (unpaired) electrons. The topological polar surface area (TPSA) is 63.4 Å². The molecule has 21 heavy (non-hydrogen) atoms. The number of sulfonamides is 1. The van der Waals surface area contributed by atoms with Crippen molar-refractivity contribution in [1.29, 1.82) is 0 Å². The first-order valence-electron chi connectivity index (χ1n) is 7.37. The minimum absolute atomic E-state index is 0. The number of hydrogen-bond acceptors (Lipinski definition) is 3. The first-order valence-corrected chi connectivity index (χ1v) is 8.81. The fourth-order valence-electron chi connectivity index (χ4n) is 2.76. The Morgan fingerprint density at radius 1 is 1.29 bits per heavy atom. The molecule has 1 atom stereocenters. The van der Waals surface area contributed by atoms with E-state index in [-0.39, 0.29) is 12.4 Å². The van der Waals surface area contributed by atoms with E-state index in [0.29, 0.717) is 30.4 Å². The largest absolute Gasteiger partial charge is 0.330 e. The molecular formula is C15H25ClN2O2S. The van der Waals surface area contributed by atoms with Crippen LogP contribution in [0.4, 0.5) is 0 Å². The van der Waals surface area contributed by atoms with Gasteiger partial charge in [0.2, 0.25) is 10.0 Å². The summed E-state index contributed by atoms with van der Waals surface area (Å²) in [6.45, 7) is 3.92. The molecule has 0 amide bonds. The van der Waals surface area contributed by atoms with Gasteiger partial charge in [-0.05, 0) is 55.8 Å². The average molecular weight is 333 g/mol. The summed E-state index contributed by atoms with van der Waals surface area (Å²) in [5.41, 5.74) is 6.75. The van der Waals surface area contributed by atoms with Crippen LogP contribution in [0.5, 0.6) is 0 Å². The van der Waals surface area contributed by atoms with Crippen LogP contribution in [0.25, 0.3) is 0 Å². The highest BCUT2D eigenvalue weighted by Gasteiger charge is 2.29. The highest BCUT2D eigenvalue weighted by molar-refractivity contribution is 7.89. The van der Waals surface area contributed by atoms with Gasteiger partial charge in [-0.15, -0.1) is 12.4 Å². The monoisotopic (exact) mass is 332 g/mol. The molecule has 1 aliphatic rings. The number of hydrogen-bond donors (Lipinski definition) is 1. The summed E-state index contributed by atoms with van der Waals surface area (Å²) >= 11 is 0. The van der Waals surface area contributed by atoms with Crippen LogP contribution in [-0.2, 0) is 16.4 Å². The molecule has 4 nitrogen and oxygen atoms in total. The highest BCUT2D eigenvalue weighted by atomic mass is 35.5. The third-order valence-corrected chi connectivity index (χ3v) is 5.91. The second kappa shape index (κ2) is 8.13. The molecule has 1 aromatic rings. The summed E-state index contributed by atoms with van der Waals surface area (Å²) < 4.78 is 26.9. The van der Waals surface area contributed by atoms with Crippen LogP contribution < -0.4 is 5.73 Å². The Kier molecular flexibility index (Phi) is 7.13. The van der Waals surface area contributed by atoms with Crippen molar-refractivity contribution in [2.45, 2.75) is 37.5 Å². The fraction of sp³-hybridized carbons (Fsp3) is 0.600. The Morgan fingerprint density at radius 2 is 1.95 bits per heavy atom. The molecule has 1 heterocycles. The lowest BCUT2D eigenvalue weighted by Crippen LogP contribution is -2.40. The van der Waals surface area contributed by atoms with E-state index >= 15 is 0 Å². The summed E-state index contributed by atoms with van der Waals surface area (Å²) in [7, 11) is -3.35. The predicted molar refractivity (Wildman–Crippen MR) is 88.2 cm³/mol. The van der Waals surface area contributed by atoms with E-state index in [1.54, 1.807) is 16.4 Å². The quantitative estimate of drug-likeness (QED) is 0.900. The molecule has 1 saturated heterocycles. The molecule has 120 valence electrons. The summed E-state index contributed by atoms with van der Waals surface area (Å²) in [5.74, 6) is 0.401. The van der Waals surface area contributed by atoms with Crippen molar-refractivity contribution < 1.29 is 8.42 Å². The Hall–Kier alpha value is -0.620. The molecule has 2 N–H and O–H groups in total. The van der Waals surface area contributed by atoms with Crippen molar-refractivity contribution in [3.05, 3.63) is 29.8 Å². The van der Waals surface area contributed by atoms with E-state index in [2.05, 4.69) is 6.92 Å². The van der Waals surface area contributed by atoms with Crippen LogP contribution in [0.15, 0.2) is 29.2 Å². The summed E-state index contributed by atoms with van der Waals surface area (Å²) in [5, 5.41) is 0.